The molecule has 104 valence electrons. The molecule has 0 heterocycles. The van der Waals surface area contributed by atoms with Gasteiger partial charge in [0.15, 0.2) is 0 Å². The number of ether oxygens (including phenoxy) is 1. The Hall–Kier alpha value is -0.160. The smallest absolute Gasteiger partial charge is 0.0709 e. The normalized spacial score (nSPS) is 13.6. The summed E-state index contributed by atoms with van der Waals surface area (Å²) in [5, 5.41) is 9.10. The second-order valence-corrected chi connectivity index (χ2v) is 4.33. The van der Waals surface area contributed by atoms with E-state index in [4.69, 9.17) is 15.6 Å². The van der Waals surface area contributed by atoms with Gasteiger partial charge in [-0.3, -0.25) is 4.90 Å². The molecule has 0 rings (SSSR count). The molecule has 17 heavy (non-hydrogen) atoms. The maximum Gasteiger partial charge on any atom is 0.0709 e. The van der Waals surface area contributed by atoms with Gasteiger partial charge in [-0.15, -0.1) is 0 Å². The third-order valence-electron chi connectivity index (χ3n) is 3.25. The first-order valence-electron chi connectivity index (χ1n) is 6.89. The zero-order valence-corrected chi connectivity index (χ0v) is 11.7. The van der Waals surface area contributed by atoms with E-state index in [9.17, 15) is 0 Å². The van der Waals surface area contributed by atoms with Gasteiger partial charge in [0, 0.05) is 32.3 Å². The lowest BCUT2D eigenvalue weighted by Crippen LogP contribution is -2.39. The molecule has 0 aliphatic carbocycles. The van der Waals surface area contributed by atoms with E-state index in [0.29, 0.717) is 19.2 Å². The average Bonchev–Trinajstić information content (AvgIpc) is 2.35. The molecule has 0 saturated carbocycles. The Morgan fingerprint density at radius 3 is 2.24 bits per heavy atom. The van der Waals surface area contributed by atoms with Crippen molar-refractivity contribution in [3.05, 3.63) is 0 Å². The van der Waals surface area contributed by atoms with Crippen molar-refractivity contribution in [1.29, 1.82) is 0 Å². The summed E-state index contributed by atoms with van der Waals surface area (Å²) >= 11 is 0. The van der Waals surface area contributed by atoms with E-state index in [1.807, 2.05) is 6.92 Å². The molecule has 0 amide bonds. The van der Waals surface area contributed by atoms with Gasteiger partial charge in [-0.1, -0.05) is 13.8 Å². The monoisotopic (exact) mass is 246 g/mol. The minimum Gasteiger partial charge on any atom is -0.395 e. The zero-order valence-electron chi connectivity index (χ0n) is 11.7. The Kier molecular flexibility index (Phi) is 10.9. The molecule has 3 N–H and O–H groups in total. The molecule has 0 aliphatic heterocycles. The highest BCUT2D eigenvalue weighted by Gasteiger charge is 2.16. The lowest BCUT2D eigenvalue weighted by atomic mass is 10.1. The lowest BCUT2D eigenvalue weighted by Gasteiger charge is -2.31. The van der Waals surface area contributed by atoms with Crippen LogP contribution in [-0.4, -0.2) is 55.0 Å². The predicted octanol–water partition coefficient (Wildman–Crippen LogP) is 1.22. The highest BCUT2D eigenvalue weighted by atomic mass is 16.5. The van der Waals surface area contributed by atoms with Crippen molar-refractivity contribution in [1.82, 2.24) is 4.90 Å². The molecule has 0 saturated heterocycles. The number of aliphatic hydroxyl groups is 1. The SMILES string of the molecule is CCOC(CN)CCN(CCO)C(CC)CC. The summed E-state index contributed by atoms with van der Waals surface area (Å²) in [6.07, 6.45) is 3.34. The second kappa shape index (κ2) is 11.0. The molecular formula is C13H30N2O2. The quantitative estimate of drug-likeness (QED) is 0.575. The Bertz CT molecular complexity index is 163. The standard InChI is InChI=1S/C13H30N2O2/c1-4-12(5-2)15(9-10-16)8-7-13(11-14)17-6-3/h12-13,16H,4-11,14H2,1-3H3. The Morgan fingerprint density at radius 2 is 1.82 bits per heavy atom. The highest BCUT2D eigenvalue weighted by molar-refractivity contribution is 4.71. The van der Waals surface area contributed by atoms with Gasteiger partial charge in [0.25, 0.3) is 0 Å². The molecule has 0 aromatic carbocycles. The number of hydrogen-bond donors (Lipinski definition) is 2. The van der Waals surface area contributed by atoms with Crippen LogP contribution < -0.4 is 5.73 Å². The fourth-order valence-electron chi connectivity index (χ4n) is 2.23. The molecule has 0 bridgehead atoms. The summed E-state index contributed by atoms with van der Waals surface area (Å²) in [5.74, 6) is 0. The topological polar surface area (TPSA) is 58.7 Å². The summed E-state index contributed by atoms with van der Waals surface area (Å²) in [6, 6.07) is 0.558. The van der Waals surface area contributed by atoms with Gasteiger partial charge in [-0.2, -0.15) is 0 Å². The highest BCUT2D eigenvalue weighted by Crippen LogP contribution is 2.10. The summed E-state index contributed by atoms with van der Waals surface area (Å²) < 4.78 is 5.55. The van der Waals surface area contributed by atoms with Gasteiger partial charge in [0.2, 0.25) is 0 Å². The molecule has 4 nitrogen and oxygen atoms in total. The van der Waals surface area contributed by atoms with E-state index >= 15 is 0 Å². The molecule has 1 unspecified atom stereocenters. The van der Waals surface area contributed by atoms with Gasteiger partial charge in [-0.25, -0.2) is 0 Å². The molecule has 0 aliphatic rings. The first-order chi connectivity index (χ1) is 8.23. The van der Waals surface area contributed by atoms with Crippen LogP contribution in [0.5, 0.6) is 0 Å². The van der Waals surface area contributed by atoms with Gasteiger partial charge < -0.3 is 15.6 Å². The van der Waals surface area contributed by atoms with Crippen LogP contribution in [0.4, 0.5) is 0 Å². The zero-order chi connectivity index (χ0) is 13.1. The number of nitrogens with two attached hydrogens (primary N) is 1. The van der Waals surface area contributed by atoms with Crippen molar-refractivity contribution in [3.8, 4) is 0 Å². The minimum absolute atomic E-state index is 0.149. The lowest BCUT2D eigenvalue weighted by molar-refractivity contribution is 0.0458. The number of rotatable bonds is 11. The van der Waals surface area contributed by atoms with Gasteiger partial charge >= 0.3 is 0 Å². The van der Waals surface area contributed by atoms with Crippen LogP contribution in [-0.2, 0) is 4.74 Å². The summed E-state index contributed by atoms with van der Waals surface area (Å²) in [6.45, 7) is 9.59. The van der Waals surface area contributed by atoms with E-state index in [1.165, 1.54) is 0 Å². The molecular weight excluding hydrogens is 216 g/mol. The van der Waals surface area contributed by atoms with Crippen LogP contribution in [0.15, 0.2) is 0 Å². The van der Waals surface area contributed by atoms with Crippen molar-refractivity contribution in [2.75, 3.05) is 32.8 Å². The van der Waals surface area contributed by atoms with E-state index in [-0.39, 0.29) is 12.7 Å². The fraction of sp³-hybridized carbons (Fsp3) is 1.00. The molecule has 1 atom stereocenters. The van der Waals surface area contributed by atoms with Gasteiger partial charge in [0.1, 0.15) is 0 Å². The van der Waals surface area contributed by atoms with Crippen molar-refractivity contribution in [2.45, 2.75) is 52.2 Å². The molecule has 0 fully saturated rings. The van der Waals surface area contributed by atoms with E-state index in [2.05, 4.69) is 18.7 Å². The molecule has 0 spiro atoms. The van der Waals surface area contributed by atoms with Crippen LogP contribution in [0.1, 0.15) is 40.0 Å². The van der Waals surface area contributed by atoms with Crippen LogP contribution in [0.25, 0.3) is 0 Å². The van der Waals surface area contributed by atoms with E-state index in [0.717, 1.165) is 32.4 Å². The Morgan fingerprint density at radius 1 is 1.18 bits per heavy atom. The second-order valence-electron chi connectivity index (χ2n) is 4.33. The van der Waals surface area contributed by atoms with Crippen molar-refractivity contribution in [3.63, 3.8) is 0 Å². The maximum atomic E-state index is 9.10. The summed E-state index contributed by atoms with van der Waals surface area (Å²) in [7, 11) is 0. The third kappa shape index (κ3) is 6.99. The van der Waals surface area contributed by atoms with Crippen molar-refractivity contribution < 1.29 is 9.84 Å². The molecule has 4 heteroatoms. The van der Waals surface area contributed by atoms with Crippen LogP contribution in [0, 0.1) is 0 Å². The molecule has 0 radical (unpaired) electrons. The number of aliphatic hydroxyl groups excluding tert-OH is 1. The molecule has 0 aromatic rings. The number of hydrogen-bond acceptors (Lipinski definition) is 4. The first kappa shape index (κ1) is 16.8. The summed E-state index contributed by atoms with van der Waals surface area (Å²) in [4.78, 5) is 2.35. The Balaban J connectivity index is 4.13. The maximum absolute atomic E-state index is 9.10. The van der Waals surface area contributed by atoms with Gasteiger partial charge in [-0.05, 0) is 26.2 Å². The Labute approximate surface area is 106 Å². The third-order valence-corrected chi connectivity index (χ3v) is 3.25. The van der Waals surface area contributed by atoms with Crippen LogP contribution in [0.3, 0.4) is 0 Å². The molecule has 0 aromatic heterocycles. The minimum atomic E-state index is 0.149. The van der Waals surface area contributed by atoms with Gasteiger partial charge in [0.05, 0.1) is 12.7 Å². The van der Waals surface area contributed by atoms with Crippen LogP contribution in [0.2, 0.25) is 0 Å². The van der Waals surface area contributed by atoms with E-state index in [1.54, 1.807) is 0 Å². The largest absolute Gasteiger partial charge is 0.395 e. The summed E-state index contributed by atoms with van der Waals surface area (Å²) in [5.41, 5.74) is 5.67. The van der Waals surface area contributed by atoms with Crippen molar-refractivity contribution in [2.24, 2.45) is 5.73 Å². The van der Waals surface area contributed by atoms with Crippen molar-refractivity contribution >= 4 is 0 Å². The predicted molar refractivity (Wildman–Crippen MR) is 72.1 cm³/mol. The average molecular weight is 246 g/mol. The fourth-order valence-corrected chi connectivity index (χ4v) is 2.23. The first-order valence-corrected chi connectivity index (χ1v) is 6.89. The van der Waals surface area contributed by atoms with E-state index < -0.39 is 0 Å². The number of nitrogens with zero attached hydrogens (tertiary/aromatic N) is 1. The van der Waals surface area contributed by atoms with Crippen LogP contribution >= 0.6 is 0 Å².